The van der Waals surface area contributed by atoms with E-state index >= 15 is 0 Å². The number of carboxylic acid groups (broad SMARTS) is 1. The highest BCUT2D eigenvalue weighted by molar-refractivity contribution is 5.94. The van der Waals surface area contributed by atoms with Crippen LogP contribution in [0.25, 0.3) is 11.4 Å². The van der Waals surface area contributed by atoms with Crippen LogP contribution in [0.15, 0.2) is 36.9 Å². The zero-order chi connectivity index (χ0) is 20.9. The van der Waals surface area contributed by atoms with Crippen molar-refractivity contribution in [1.29, 1.82) is 0 Å². The molecule has 3 atom stereocenters. The molecule has 30 heavy (non-hydrogen) atoms. The second-order valence-electron chi connectivity index (χ2n) is 8.19. The van der Waals surface area contributed by atoms with Crippen molar-refractivity contribution in [3.05, 3.63) is 48.0 Å². The number of hydrogen-bond donors (Lipinski definition) is 2. The molecule has 2 aliphatic rings. The van der Waals surface area contributed by atoms with E-state index in [0.717, 1.165) is 25.7 Å². The molecule has 2 N–H and O–H groups in total. The number of aromatic nitrogens is 6. The van der Waals surface area contributed by atoms with Gasteiger partial charge in [0.15, 0.2) is 0 Å². The number of aromatic carboxylic acids is 1. The van der Waals surface area contributed by atoms with E-state index in [2.05, 4.69) is 25.7 Å². The maximum absolute atomic E-state index is 12.8. The van der Waals surface area contributed by atoms with Gasteiger partial charge in [-0.2, -0.15) is 5.10 Å². The number of carbonyl (C=O) groups is 2. The Morgan fingerprint density at radius 2 is 2.07 bits per heavy atom. The molecule has 1 amide bonds. The van der Waals surface area contributed by atoms with Gasteiger partial charge in [-0.25, -0.2) is 9.48 Å². The molecule has 154 valence electrons. The van der Waals surface area contributed by atoms with Crippen LogP contribution >= 0.6 is 0 Å². The number of fused-ring (bicyclic) bond motifs is 2. The smallest absolute Gasteiger partial charge is 0.337 e. The summed E-state index contributed by atoms with van der Waals surface area (Å²) in [4.78, 5) is 28.0. The molecule has 2 saturated carbocycles. The predicted octanol–water partition coefficient (Wildman–Crippen LogP) is 1.69. The average molecular weight is 407 g/mol. The quantitative estimate of drug-likeness (QED) is 0.658. The molecule has 0 spiro atoms. The lowest BCUT2D eigenvalue weighted by atomic mass is 9.88. The topological polar surface area (TPSA) is 128 Å². The lowest BCUT2D eigenvalue weighted by molar-refractivity contribution is 0.0696. The van der Waals surface area contributed by atoms with E-state index in [0.29, 0.717) is 22.9 Å². The van der Waals surface area contributed by atoms with Gasteiger partial charge in [-0.05, 0) is 43.7 Å². The van der Waals surface area contributed by atoms with Crippen molar-refractivity contribution in [1.82, 2.24) is 35.1 Å². The van der Waals surface area contributed by atoms with E-state index in [-0.39, 0.29) is 23.1 Å². The monoisotopic (exact) mass is 407 g/mol. The molecular weight excluding hydrogens is 386 g/mol. The van der Waals surface area contributed by atoms with Crippen molar-refractivity contribution < 1.29 is 14.7 Å². The molecule has 3 heterocycles. The van der Waals surface area contributed by atoms with Gasteiger partial charge in [-0.15, -0.1) is 5.10 Å². The van der Waals surface area contributed by atoms with Crippen molar-refractivity contribution in [2.45, 2.75) is 37.3 Å². The van der Waals surface area contributed by atoms with Crippen LogP contribution in [0.1, 0.15) is 52.4 Å². The van der Waals surface area contributed by atoms with E-state index in [9.17, 15) is 9.59 Å². The first-order chi connectivity index (χ1) is 14.4. The highest BCUT2D eigenvalue weighted by Gasteiger charge is 2.54. The summed E-state index contributed by atoms with van der Waals surface area (Å²) in [6.45, 7) is 0. The van der Waals surface area contributed by atoms with Crippen LogP contribution in [0.4, 0.5) is 0 Å². The maximum Gasteiger partial charge on any atom is 0.337 e. The van der Waals surface area contributed by atoms with Crippen LogP contribution < -0.4 is 5.32 Å². The lowest BCUT2D eigenvalue weighted by Gasteiger charge is -2.35. The molecule has 2 fully saturated rings. The van der Waals surface area contributed by atoms with E-state index in [1.165, 1.54) is 12.3 Å². The Hall–Kier alpha value is -3.56. The molecule has 3 unspecified atom stereocenters. The van der Waals surface area contributed by atoms with Gasteiger partial charge in [0, 0.05) is 19.4 Å². The van der Waals surface area contributed by atoms with E-state index in [1.54, 1.807) is 30.2 Å². The minimum Gasteiger partial charge on any atom is -0.478 e. The minimum atomic E-state index is -1.02. The lowest BCUT2D eigenvalue weighted by Crippen LogP contribution is -2.51. The van der Waals surface area contributed by atoms with Crippen molar-refractivity contribution in [3.63, 3.8) is 0 Å². The summed E-state index contributed by atoms with van der Waals surface area (Å²) in [6, 6.07) is 3.13. The number of carbonyl (C=O) groups excluding carboxylic acids is 1. The summed E-state index contributed by atoms with van der Waals surface area (Å²) in [7, 11) is 1.78. The summed E-state index contributed by atoms with van der Waals surface area (Å²) < 4.78 is 3.44. The van der Waals surface area contributed by atoms with Crippen LogP contribution in [-0.4, -0.2) is 52.3 Å². The molecule has 0 aromatic carbocycles. The number of nitrogens with zero attached hydrogens (tertiary/aromatic N) is 6. The van der Waals surface area contributed by atoms with Gasteiger partial charge in [-0.3, -0.25) is 14.5 Å². The van der Waals surface area contributed by atoms with Gasteiger partial charge in [0.05, 0.1) is 40.8 Å². The van der Waals surface area contributed by atoms with E-state index < -0.39 is 5.97 Å². The second-order valence-corrected chi connectivity index (χ2v) is 8.19. The third-order valence-corrected chi connectivity index (χ3v) is 6.28. The highest BCUT2D eigenvalue weighted by Crippen LogP contribution is 2.53. The van der Waals surface area contributed by atoms with Gasteiger partial charge in [-0.1, -0.05) is 5.21 Å². The van der Waals surface area contributed by atoms with Gasteiger partial charge in [0.25, 0.3) is 5.91 Å². The Bertz CT molecular complexity index is 1120. The van der Waals surface area contributed by atoms with Gasteiger partial charge < -0.3 is 10.4 Å². The molecule has 0 saturated heterocycles. The van der Waals surface area contributed by atoms with Crippen molar-refractivity contribution in [3.8, 4) is 11.4 Å². The molecule has 0 radical (unpaired) electrons. The van der Waals surface area contributed by atoms with Crippen LogP contribution in [0.5, 0.6) is 0 Å². The maximum atomic E-state index is 12.8. The Kier molecular flexibility index (Phi) is 4.16. The van der Waals surface area contributed by atoms with E-state index in [1.807, 2.05) is 10.9 Å². The zero-order valence-electron chi connectivity index (χ0n) is 16.4. The number of pyridine rings is 1. The van der Waals surface area contributed by atoms with Crippen LogP contribution in [0.3, 0.4) is 0 Å². The van der Waals surface area contributed by atoms with Crippen molar-refractivity contribution in [2.75, 3.05) is 0 Å². The number of nitrogens with one attached hydrogen (secondary N) is 1. The molecule has 3 aromatic rings. The fourth-order valence-electron chi connectivity index (χ4n) is 4.84. The van der Waals surface area contributed by atoms with Gasteiger partial charge in [0.2, 0.25) is 0 Å². The van der Waals surface area contributed by atoms with Crippen LogP contribution in [-0.2, 0) is 7.05 Å². The number of rotatable bonds is 5. The van der Waals surface area contributed by atoms with Crippen molar-refractivity contribution >= 4 is 11.9 Å². The molecule has 2 bridgehead atoms. The van der Waals surface area contributed by atoms with Crippen molar-refractivity contribution in [2.24, 2.45) is 13.0 Å². The molecular formula is C20H21N7O3. The van der Waals surface area contributed by atoms with Gasteiger partial charge in [0.1, 0.15) is 5.69 Å². The molecule has 10 nitrogen and oxygen atoms in total. The van der Waals surface area contributed by atoms with E-state index in [4.69, 9.17) is 5.11 Å². The molecule has 0 aliphatic heterocycles. The first kappa shape index (κ1) is 18.5. The Balaban J connectivity index is 1.39. The average Bonchev–Trinajstić information content (AvgIpc) is 3.51. The molecule has 2 aliphatic carbocycles. The largest absolute Gasteiger partial charge is 0.478 e. The van der Waals surface area contributed by atoms with Gasteiger partial charge >= 0.3 is 5.97 Å². The number of amides is 1. The standard InChI is InChI=1S/C20H21N7O3/c1-26-10-14(9-22-26)18(28)23-20-5-4-12(7-20)6-17(20)27-11-16(24-25-27)15-3-2-13(8-21-15)19(29)30/h2-3,8-12,17H,4-7H2,1H3,(H,23,28)(H,29,30). The van der Waals surface area contributed by atoms with Crippen LogP contribution in [0, 0.1) is 5.92 Å². The normalized spacial score (nSPS) is 24.8. The fraction of sp³-hybridized carbons (Fsp3) is 0.400. The summed E-state index contributed by atoms with van der Waals surface area (Å²) in [6.07, 6.45) is 10.3. The predicted molar refractivity (Wildman–Crippen MR) is 105 cm³/mol. The molecule has 5 rings (SSSR count). The molecule has 3 aromatic heterocycles. The highest BCUT2D eigenvalue weighted by atomic mass is 16.4. The number of hydrogen-bond acceptors (Lipinski definition) is 6. The Labute approximate surface area is 171 Å². The minimum absolute atomic E-state index is 0.0106. The number of aryl methyl sites for hydroxylation is 1. The molecule has 10 heteroatoms. The zero-order valence-corrected chi connectivity index (χ0v) is 16.4. The second kappa shape index (κ2) is 6.75. The summed E-state index contributed by atoms with van der Waals surface area (Å²) in [5.41, 5.74) is 1.44. The third kappa shape index (κ3) is 3.04. The first-order valence-corrected chi connectivity index (χ1v) is 9.86. The summed E-state index contributed by atoms with van der Waals surface area (Å²) >= 11 is 0. The third-order valence-electron chi connectivity index (χ3n) is 6.28. The number of carboxylic acids is 1. The fourth-order valence-corrected chi connectivity index (χ4v) is 4.84. The summed E-state index contributed by atoms with van der Waals surface area (Å²) in [5.74, 6) is -0.599. The first-order valence-electron chi connectivity index (χ1n) is 9.86. The SMILES string of the molecule is Cn1cc(C(=O)NC23CCC(CC2n2cc(-c4ccc(C(=O)O)cn4)nn2)C3)cn1. The Morgan fingerprint density at radius 1 is 1.20 bits per heavy atom. The Morgan fingerprint density at radius 3 is 2.73 bits per heavy atom. The van der Waals surface area contributed by atoms with Crippen LogP contribution in [0.2, 0.25) is 0 Å². The summed E-state index contributed by atoms with van der Waals surface area (Å²) in [5, 5.41) is 24.9.